The highest BCUT2D eigenvalue weighted by Gasteiger charge is 2.18. The number of carbonyl (C=O) groups excluding carboxylic acids is 1. The highest BCUT2D eigenvalue weighted by atomic mass is 79.9. The molecule has 2 aromatic carbocycles. The fourth-order valence-electron chi connectivity index (χ4n) is 3.55. The van der Waals surface area contributed by atoms with Crippen molar-refractivity contribution in [3.8, 4) is 0 Å². The Morgan fingerprint density at radius 1 is 1.12 bits per heavy atom. The van der Waals surface area contributed by atoms with E-state index in [1.165, 1.54) is 17.7 Å². The van der Waals surface area contributed by atoms with Gasteiger partial charge in [-0.3, -0.25) is 4.79 Å². The van der Waals surface area contributed by atoms with Gasteiger partial charge in [0.05, 0.1) is 26.5 Å². The SMILES string of the molecule is Cc1ccc2c(Nc3ccc(Cl)c(Br)c3)nccc2c1NC(=O)c1csc2c(N)ncnc12. The molecule has 5 aromatic rings. The van der Waals surface area contributed by atoms with E-state index in [4.69, 9.17) is 17.3 Å². The highest BCUT2D eigenvalue weighted by Crippen LogP contribution is 2.34. The van der Waals surface area contributed by atoms with Crippen LogP contribution in [0.25, 0.3) is 21.0 Å². The molecule has 0 radical (unpaired) electrons. The third kappa shape index (κ3) is 3.99. The Morgan fingerprint density at radius 3 is 2.79 bits per heavy atom. The zero-order valence-electron chi connectivity index (χ0n) is 17.2. The summed E-state index contributed by atoms with van der Waals surface area (Å²) in [5, 5.41) is 10.5. The Bertz CT molecular complexity index is 1550. The predicted molar refractivity (Wildman–Crippen MR) is 139 cm³/mol. The maximum atomic E-state index is 13.2. The molecule has 10 heteroatoms. The number of nitrogens with zero attached hydrogens (tertiary/aromatic N) is 3. The van der Waals surface area contributed by atoms with Gasteiger partial charge >= 0.3 is 0 Å². The summed E-state index contributed by atoms with van der Waals surface area (Å²) in [6.07, 6.45) is 3.07. The molecular weight excluding hydrogens is 524 g/mol. The van der Waals surface area contributed by atoms with Crippen molar-refractivity contribution in [2.75, 3.05) is 16.4 Å². The number of halogens is 2. The van der Waals surface area contributed by atoms with E-state index in [2.05, 4.69) is 41.5 Å². The fraction of sp³-hybridized carbons (Fsp3) is 0.0435. The minimum absolute atomic E-state index is 0.261. The van der Waals surface area contributed by atoms with Gasteiger partial charge in [0.1, 0.15) is 18.0 Å². The summed E-state index contributed by atoms with van der Waals surface area (Å²) in [6, 6.07) is 11.4. The minimum atomic E-state index is -0.261. The lowest BCUT2D eigenvalue weighted by Gasteiger charge is -2.15. The van der Waals surface area contributed by atoms with Crippen LogP contribution >= 0.6 is 38.9 Å². The summed E-state index contributed by atoms with van der Waals surface area (Å²) in [4.78, 5) is 25.9. The first kappa shape index (κ1) is 21.6. The summed E-state index contributed by atoms with van der Waals surface area (Å²) in [5.41, 5.74) is 9.39. The summed E-state index contributed by atoms with van der Waals surface area (Å²) in [6.45, 7) is 1.95. The Morgan fingerprint density at radius 2 is 1.97 bits per heavy atom. The zero-order chi connectivity index (χ0) is 23.1. The number of aryl methyl sites for hydroxylation is 1. The van der Waals surface area contributed by atoms with Crippen LogP contribution in [0.5, 0.6) is 0 Å². The molecule has 1 amide bonds. The topological polar surface area (TPSA) is 106 Å². The number of rotatable bonds is 4. The molecular formula is C23H16BrClN6OS. The lowest BCUT2D eigenvalue weighted by atomic mass is 10.0. The van der Waals surface area contributed by atoms with Gasteiger partial charge in [-0.15, -0.1) is 11.3 Å². The Balaban J connectivity index is 1.53. The van der Waals surface area contributed by atoms with Gasteiger partial charge < -0.3 is 16.4 Å². The number of nitrogens with one attached hydrogen (secondary N) is 2. The molecule has 3 aromatic heterocycles. The molecule has 0 spiro atoms. The first-order chi connectivity index (χ1) is 15.9. The van der Waals surface area contributed by atoms with Gasteiger partial charge in [0.15, 0.2) is 0 Å². The van der Waals surface area contributed by atoms with E-state index in [0.717, 1.165) is 26.5 Å². The first-order valence-electron chi connectivity index (χ1n) is 9.82. The van der Waals surface area contributed by atoms with E-state index >= 15 is 0 Å². The van der Waals surface area contributed by atoms with E-state index in [1.54, 1.807) is 17.6 Å². The largest absolute Gasteiger partial charge is 0.382 e. The number of benzene rings is 2. The molecule has 0 bridgehead atoms. The van der Waals surface area contributed by atoms with E-state index in [-0.39, 0.29) is 5.91 Å². The molecule has 0 aliphatic rings. The van der Waals surface area contributed by atoms with Crippen LogP contribution in [-0.4, -0.2) is 20.9 Å². The van der Waals surface area contributed by atoms with Gasteiger partial charge in [0, 0.05) is 32.5 Å². The number of amides is 1. The van der Waals surface area contributed by atoms with Crippen molar-refractivity contribution >= 4 is 88.8 Å². The third-order valence-electron chi connectivity index (χ3n) is 5.20. The van der Waals surface area contributed by atoms with Crippen LogP contribution in [0.2, 0.25) is 5.02 Å². The van der Waals surface area contributed by atoms with Gasteiger partial charge in [-0.2, -0.15) is 0 Å². The number of hydrogen-bond donors (Lipinski definition) is 3. The van der Waals surface area contributed by atoms with Crippen molar-refractivity contribution in [1.29, 1.82) is 0 Å². The molecule has 0 aliphatic carbocycles. The molecule has 0 saturated heterocycles. The standard InChI is InChI=1S/C23H16BrClN6OS/c1-11-2-4-14-13(6-7-27-22(14)30-12-3-5-17(25)16(24)8-12)18(11)31-23(32)15-9-33-20-19(15)28-10-29-21(20)26/h2-10H,1H3,(H,27,30)(H,31,32)(H2,26,28,29). The fourth-order valence-corrected chi connectivity index (χ4v) is 4.95. The first-order valence-corrected chi connectivity index (χ1v) is 11.9. The summed E-state index contributed by atoms with van der Waals surface area (Å²) in [7, 11) is 0. The number of nitrogens with two attached hydrogens (primary N) is 1. The molecule has 0 saturated carbocycles. The normalized spacial score (nSPS) is 11.1. The van der Waals surface area contributed by atoms with Crippen LogP contribution in [0.15, 0.2) is 58.8 Å². The second kappa shape index (κ2) is 8.58. The van der Waals surface area contributed by atoms with Crippen LogP contribution in [0, 0.1) is 6.92 Å². The van der Waals surface area contributed by atoms with Crippen molar-refractivity contribution in [3.63, 3.8) is 0 Å². The molecule has 0 atom stereocenters. The summed E-state index contributed by atoms with van der Waals surface area (Å²) >= 11 is 10.9. The zero-order valence-corrected chi connectivity index (χ0v) is 20.3. The van der Waals surface area contributed by atoms with Crippen molar-refractivity contribution < 1.29 is 4.79 Å². The van der Waals surface area contributed by atoms with Gasteiger partial charge in [-0.05, 0) is 52.7 Å². The molecule has 7 nitrogen and oxygen atoms in total. The lowest BCUT2D eigenvalue weighted by molar-refractivity contribution is 0.102. The third-order valence-corrected chi connectivity index (χ3v) is 7.41. The van der Waals surface area contributed by atoms with Crippen LogP contribution in [-0.2, 0) is 0 Å². The maximum Gasteiger partial charge on any atom is 0.258 e. The number of nitrogen functional groups attached to an aromatic ring is 1. The van der Waals surface area contributed by atoms with Gasteiger partial charge in [-0.1, -0.05) is 23.7 Å². The number of carbonyl (C=O) groups is 1. The van der Waals surface area contributed by atoms with Crippen molar-refractivity contribution in [2.24, 2.45) is 0 Å². The molecule has 164 valence electrons. The molecule has 0 fully saturated rings. The number of pyridine rings is 1. The number of fused-ring (bicyclic) bond motifs is 2. The van der Waals surface area contributed by atoms with E-state index < -0.39 is 0 Å². The number of anilines is 4. The number of hydrogen-bond acceptors (Lipinski definition) is 7. The van der Waals surface area contributed by atoms with Crippen molar-refractivity contribution in [1.82, 2.24) is 15.0 Å². The number of thiophene rings is 1. The van der Waals surface area contributed by atoms with Gasteiger partial charge in [0.2, 0.25) is 0 Å². The van der Waals surface area contributed by atoms with E-state index in [9.17, 15) is 4.79 Å². The second-order valence-electron chi connectivity index (χ2n) is 7.31. The predicted octanol–water partition coefficient (Wildman–Crippen LogP) is 6.54. The Labute approximate surface area is 206 Å². The van der Waals surface area contributed by atoms with Crippen LogP contribution in [0.3, 0.4) is 0 Å². The summed E-state index contributed by atoms with van der Waals surface area (Å²) < 4.78 is 1.48. The maximum absolute atomic E-state index is 13.2. The van der Waals surface area contributed by atoms with E-state index in [0.29, 0.717) is 38.1 Å². The monoisotopic (exact) mass is 538 g/mol. The lowest BCUT2D eigenvalue weighted by Crippen LogP contribution is -2.13. The Kier molecular flexibility index (Phi) is 5.61. The van der Waals surface area contributed by atoms with Crippen molar-refractivity contribution in [2.45, 2.75) is 6.92 Å². The smallest absolute Gasteiger partial charge is 0.258 e. The van der Waals surface area contributed by atoms with Gasteiger partial charge in [0.25, 0.3) is 5.91 Å². The molecule has 4 N–H and O–H groups in total. The van der Waals surface area contributed by atoms with Crippen LogP contribution in [0.1, 0.15) is 15.9 Å². The highest BCUT2D eigenvalue weighted by molar-refractivity contribution is 9.10. The quantitative estimate of drug-likeness (QED) is 0.239. The molecule has 3 heterocycles. The van der Waals surface area contributed by atoms with E-state index in [1.807, 2.05) is 37.3 Å². The van der Waals surface area contributed by atoms with Gasteiger partial charge in [-0.25, -0.2) is 15.0 Å². The average Bonchev–Trinajstić information content (AvgIpc) is 3.24. The summed E-state index contributed by atoms with van der Waals surface area (Å²) in [5.74, 6) is 0.766. The molecule has 0 unspecified atom stereocenters. The number of aromatic nitrogens is 3. The van der Waals surface area contributed by atoms with Crippen LogP contribution in [0.4, 0.5) is 23.0 Å². The van der Waals surface area contributed by atoms with Crippen molar-refractivity contribution in [3.05, 3.63) is 74.9 Å². The molecule has 0 aliphatic heterocycles. The molecule has 5 rings (SSSR count). The molecule has 33 heavy (non-hydrogen) atoms. The average molecular weight is 540 g/mol. The Hall–Kier alpha value is -3.27. The van der Waals surface area contributed by atoms with Crippen LogP contribution < -0.4 is 16.4 Å². The second-order valence-corrected chi connectivity index (χ2v) is 9.45. The minimum Gasteiger partial charge on any atom is -0.382 e.